The summed E-state index contributed by atoms with van der Waals surface area (Å²) in [6.45, 7) is 1.63. The number of ketones is 1. The number of carbonyl (C=O) groups is 3. The highest BCUT2D eigenvalue weighted by Gasteiger charge is 2.65. The molecule has 3 N–H and O–H groups in total. The molecule has 6 heteroatoms. The number of imide groups is 1. The lowest BCUT2D eigenvalue weighted by Crippen LogP contribution is -2.44. The lowest BCUT2D eigenvalue weighted by atomic mass is 9.93. The average molecular weight is 250 g/mol. The van der Waals surface area contributed by atoms with Crippen molar-refractivity contribution in [2.45, 2.75) is 37.5 Å². The molecular formula is C12H14N2O4. The van der Waals surface area contributed by atoms with Crippen molar-refractivity contribution in [1.82, 2.24) is 5.32 Å². The first-order chi connectivity index (χ1) is 8.44. The van der Waals surface area contributed by atoms with Crippen molar-refractivity contribution in [3.05, 3.63) is 11.6 Å². The first-order valence-corrected chi connectivity index (χ1v) is 5.94. The van der Waals surface area contributed by atoms with Gasteiger partial charge in [-0.15, -0.1) is 0 Å². The SMILES string of the molecule is CC1=CC([C@H]2CC(=O)[C@@]3(C[C@@H]3N)O2)C(=O)NC1=O. The number of ether oxygens (including phenoxy) is 1. The van der Waals surface area contributed by atoms with Crippen LogP contribution in [-0.2, 0) is 19.1 Å². The molecule has 2 heterocycles. The molecule has 0 radical (unpaired) electrons. The number of amides is 2. The summed E-state index contributed by atoms with van der Waals surface area (Å²) in [5.74, 6) is -1.41. The van der Waals surface area contributed by atoms with Crippen molar-refractivity contribution in [2.24, 2.45) is 11.7 Å². The minimum absolute atomic E-state index is 0.0317. The number of hydrogen-bond donors (Lipinski definition) is 2. The Morgan fingerprint density at radius 3 is 2.67 bits per heavy atom. The van der Waals surface area contributed by atoms with E-state index in [-0.39, 0.29) is 18.2 Å². The van der Waals surface area contributed by atoms with E-state index in [9.17, 15) is 14.4 Å². The summed E-state index contributed by atoms with van der Waals surface area (Å²) >= 11 is 0. The minimum Gasteiger partial charge on any atom is -0.361 e. The molecule has 1 aliphatic carbocycles. The largest absolute Gasteiger partial charge is 0.361 e. The van der Waals surface area contributed by atoms with Gasteiger partial charge in [-0.05, 0) is 6.92 Å². The highest BCUT2D eigenvalue weighted by atomic mass is 16.5. The second kappa shape index (κ2) is 3.49. The van der Waals surface area contributed by atoms with Crippen LogP contribution < -0.4 is 11.1 Å². The van der Waals surface area contributed by atoms with Crippen molar-refractivity contribution >= 4 is 17.6 Å². The van der Waals surface area contributed by atoms with Crippen molar-refractivity contribution in [3.8, 4) is 0 Å². The van der Waals surface area contributed by atoms with Gasteiger partial charge in [0, 0.05) is 24.5 Å². The Morgan fingerprint density at radius 1 is 1.44 bits per heavy atom. The van der Waals surface area contributed by atoms with E-state index < -0.39 is 29.4 Å². The normalized spacial score (nSPS) is 43.1. The molecule has 4 atom stereocenters. The number of carbonyl (C=O) groups excluding carboxylic acids is 3. The third kappa shape index (κ3) is 1.46. The standard InChI is InChI=1S/C12H14N2O4/c1-5-2-6(11(17)14-10(5)16)7-3-9(15)12(18-7)4-8(12)13/h2,6-8H,3-4,13H2,1H3,(H,14,16,17)/t6?,7-,8+,12+/m1/s1. The number of hydrogen-bond acceptors (Lipinski definition) is 5. The van der Waals surface area contributed by atoms with E-state index in [4.69, 9.17) is 10.5 Å². The Morgan fingerprint density at radius 2 is 2.11 bits per heavy atom. The van der Waals surface area contributed by atoms with Gasteiger partial charge in [0.15, 0.2) is 5.78 Å². The molecule has 2 amide bonds. The first-order valence-electron chi connectivity index (χ1n) is 5.94. The molecule has 0 aromatic heterocycles. The Balaban J connectivity index is 1.83. The molecule has 3 aliphatic rings. The molecule has 2 aliphatic heterocycles. The van der Waals surface area contributed by atoms with Crippen LogP contribution in [0.2, 0.25) is 0 Å². The van der Waals surface area contributed by atoms with Gasteiger partial charge in [0.25, 0.3) is 5.91 Å². The average Bonchev–Trinajstić information content (AvgIpc) is 2.82. The van der Waals surface area contributed by atoms with Crippen molar-refractivity contribution in [3.63, 3.8) is 0 Å². The monoisotopic (exact) mass is 250 g/mol. The van der Waals surface area contributed by atoms with Crippen molar-refractivity contribution < 1.29 is 19.1 Å². The van der Waals surface area contributed by atoms with Crippen LogP contribution in [0.3, 0.4) is 0 Å². The van der Waals surface area contributed by atoms with Crippen molar-refractivity contribution in [2.75, 3.05) is 0 Å². The summed E-state index contributed by atoms with van der Waals surface area (Å²) in [7, 11) is 0. The van der Waals surface area contributed by atoms with Crippen LogP contribution in [0, 0.1) is 5.92 Å². The quantitative estimate of drug-likeness (QED) is 0.584. The van der Waals surface area contributed by atoms with Crippen LogP contribution >= 0.6 is 0 Å². The van der Waals surface area contributed by atoms with Crippen LogP contribution in [0.1, 0.15) is 19.8 Å². The molecule has 18 heavy (non-hydrogen) atoms. The summed E-state index contributed by atoms with van der Waals surface area (Å²) in [6, 6.07) is -0.256. The molecule has 96 valence electrons. The van der Waals surface area contributed by atoms with Gasteiger partial charge < -0.3 is 10.5 Å². The highest BCUT2D eigenvalue weighted by molar-refractivity contribution is 6.08. The summed E-state index contributed by atoms with van der Waals surface area (Å²) in [4.78, 5) is 34.9. The van der Waals surface area contributed by atoms with Gasteiger partial charge in [0.05, 0.1) is 12.0 Å². The fourth-order valence-electron chi connectivity index (χ4n) is 2.65. The molecule has 1 spiro atoms. The fourth-order valence-corrected chi connectivity index (χ4v) is 2.65. The molecule has 1 saturated carbocycles. The third-order valence-electron chi connectivity index (χ3n) is 3.91. The predicted octanol–water partition coefficient (Wildman–Crippen LogP) is -0.967. The summed E-state index contributed by atoms with van der Waals surface area (Å²) < 4.78 is 5.69. The van der Waals surface area contributed by atoms with Gasteiger partial charge in [-0.2, -0.15) is 0 Å². The molecule has 0 aromatic rings. The molecule has 0 bridgehead atoms. The van der Waals surface area contributed by atoms with E-state index in [1.54, 1.807) is 13.0 Å². The van der Waals surface area contributed by atoms with Gasteiger partial charge >= 0.3 is 0 Å². The molecule has 6 nitrogen and oxygen atoms in total. The van der Waals surface area contributed by atoms with Crippen LogP contribution in [0.25, 0.3) is 0 Å². The minimum atomic E-state index is -0.853. The topological polar surface area (TPSA) is 98.5 Å². The van der Waals surface area contributed by atoms with Gasteiger partial charge in [0.2, 0.25) is 5.91 Å². The van der Waals surface area contributed by atoms with Gasteiger partial charge in [-0.25, -0.2) is 0 Å². The summed E-state index contributed by atoms with van der Waals surface area (Å²) in [6.07, 6.45) is 1.78. The van der Waals surface area contributed by atoms with Crippen LogP contribution in [-0.4, -0.2) is 35.3 Å². The molecule has 3 rings (SSSR count). The smallest absolute Gasteiger partial charge is 0.253 e. The number of Topliss-reactive ketones (excluding diaryl/α,β-unsaturated/α-hetero) is 1. The predicted molar refractivity (Wildman–Crippen MR) is 60.2 cm³/mol. The number of nitrogens with one attached hydrogen (secondary N) is 1. The summed E-state index contributed by atoms with van der Waals surface area (Å²) in [5, 5.41) is 2.26. The van der Waals surface area contributed by atoms with Gasteiger partial charge in [0.1, 0.15) is 5.60 Å². The second-order valence-corrected chi connectivity index (χ2v) is 5.18. The zero-order chi connectivity index (χ0) is 13.1. The third-order valence-corrected chi connectivity index (χ3v) is 3.91. The molecule has 1 saturated heterocycles. The Kier molecular flexibility index (Phi) is 2.24. The van der Waals surface area contributed by atoms with E-state index in [2.05, 4.69) is 5.32 Å². The lowest BCUT2D eigenvalue weighted by molar-refractivity contribution is -0.135. The van der Waals surface area contributed by atoms with E-state index in [1.165, 1.54) is 0 Å². The highest BCUT2D eigenvalue weighted by Crippen LogP contribution is 2.47. The maximum absolute atomic E-state index is 11.9. The lowest BCUT2D eigenvalue weighted by Gasteiger charge is -2.23. The second-order valence-electron chi connectivity index (χ2n) is 5.18. The Labute approximate surface area is 104 Å². The first kappa shape index (κ1) is 11.6. The van der Waals surface area contributed by atoms with Crippen LogP contribution in [0.15, 0.2) is 11.6 Å². The van der Waals surface area contributed by atoms with E-state index in [0.717, 1.165) is 0 Å². The number of rotatable bonds is 1. The maximum Gasteiger partial charge on any atom is 0.253 e. The number of nitrogens with two attached hydrogens (primary N) is 1. The van der Waals surface area contributed by atoms with Gasteiger partial charge in [-0.3, -0.25) is 19.7 Å². The zero-order valence-electron chi connectivity index (χ0n) is 9.93. The molecule has 2 fully saturated rings. The van der Waals surface area contributed by atoms with Gasteiger partial charge in [-0.1, -0.05) is 6.08 Å². The van der Waals surface area contributed by atoms with E-state index in [0.29, 0.717) is 12.0 Å². The molecule has 1 unspecified atom stereocenters. The Hall–Kier alpha value is -1.53. The molecular weight excluding hydrogens is 236 g/mol. The maximum atomic E-state index is 11.9. The van der Waals surface area contributed by atoms with Crippen LogP contribution in [0.5, 0.6) is 0 Å². The van der Waals surface area contributed by atoms with Crippen molar-refractivity contribution in [1.29, 1.82) is 0 Å². The summed E-state index contributed by atoms with van der Waals surface area (Å²) in [5.41, 5.74) is 5.33. The van der Waals surface area contributed by atoms with Crippen LogP contribution in [0.4, 0.5) is 0 Å². The van der Waals surface area contributed by atoms with E-state index >= 15 is 0 Å². The molecule has 0 aromatic carbocycles. The zero-order valence-corrected chi connectivity index (χ0v) is 9.93. The fraction of sp³-hybridized carbons (Fsp3) is 0.583. The van der Waals surface area contributed by atoms with E-state index in [1.807, 2.05) is 0 Å². The Bertz CT molecular complexity index is 498.